The Morgan fingerprint density at radius 2 is 2.67 bits per heavy atom. The molecule has 5 heteroatoms. The van der Waals surface area contributed by atoms with E-state index in [1.807, 2.05) is 0 Å². The molecule has 9 heavy (non-hydrogen) atoms. The smallest absolute Gasteiger partial charge is 0.122 e. The minimum absolute atomic E-state index is 0.385. The first-order chi connectivity index (χ1) is 4.33. The van der Waals surface area contributed by atoms with Crippen molar-refractivity contribution < 1.29 is 4.84 Å². The zero-order valence-corrected chi connectivity index (χ0v) is 6.91. The molecule has 1 aromatic heterocycles. The summed E-state index contributed by atoms with van der Waals surface area (Å²) in [5.74, 6) is 4.82. The normalized spacial score (nSPS) is 10.0. The first-order valence-electron chi connectivity index (χ1n) is 2.25. The van der Waals surface area contributed by atoms with Crippen LogP contribution in [-0.4, -0.2) is 4.98 Å². The van der Waals surface area contributed by atoms with E-state index in [1.54, 1.807) is 6.20 Å². The van der Waals surface area contributed by atoms with Crippen LogP contribution in [0.4, 0.5) is 0 Å². The van der Waals surface area contributed by atoms with Crippen LogP contribution in [0.15, 0.2) is 9.98 Å². The molecule has 0 aliphatic rings. The van der Waals surface area contributed by atoms with Crippen LogP contribution >= 0.6 is 27.3 Å². The van der Waals surface area contributed by atoms with E-state index >= 15 is 0 Å². The SMILES string of the molecule is NOCc1ncc(Br)s1. The second kappa shape index (κ2) is 3.26. The first-order valence-corrected chi connectivity index (χ1v) is 3.86. The molecule has 3 nitrogen and oxygen atoms in total. The van der Waals surface area contributed by atoms with Gasteiger partial charge in [-0.1, -0.05) is 0 Å². The summed E-state index contributed by atoms with van der Waals surface area (Å²) in [6, 6.07) is 0. The van der Waals surface area contributed by atoms with Crippen LogP contribution in [0, 0.1) is 0 Å². The third kappa shape index (κ3) is 2.02. The number of rotatable bonds is 2. The van der Waals surface area contributed by atoms with Gasteiger partial charge >= 0.3 is 0 Å². The Hall–Kier alpha value is 0.0300. The van der Waals surface area contributed by atoms with E-state index in [4.69, 9.17) is 5.90 Å². The summed E-state index contributed by atoms with van der Waals surface area (Å²) in [5, 5.41) is 0.879. The summed E-state index contributed by atoms with van der Waals surface area (Å²) < 4.78 is 0.995. The van der Waals surface area contributed by atoms with Crippen LogP contribution < -0.4 is 5.90 Å². The van der Waals surface area contributed by atoms with Crippen molar-refractivity contribution in [1.29, 1.82) is 0 Å². The molecule has 0 radical (unpaired) electrons. The number of thiazole rings is 1. The van der Waals surface area contributed by atoms with E-state index in [0.717, 1.165) is 8.79 Å². The highest BCUT2D eigenvalue weighted by atomic mass is 79.9. The van der Waals surface area contributed by atoms with Crippen LogP contribution in [0.5, 0.6) is 0 Å². The molecule has 0 bridgehead atoms. The molecule has 0 saturated heterocycles. The molecular formula is C4H5BrN2OS. The molecule has 0 spiro atoms. The van der Waals surface area contributed by atoms with E-state index in [-0.39, 0.29) is 0 Å². The second-order valence-electron chi connectivity index (χ2n) is 1.37. The van der Waals surface area contributed by atoms with Crippen molar-refractivity contribution in [2.75, 3.05) is 0 Å². The molecule has 1 heterocycles. The Bertz CT molecular complexity index is 190. The number of halogens is 1. The molecule has 0 atom stereocenters. The summed E-state index contributed by atoms with van der Waals surface area (Å²) in [6.45, 7) is 0.385. The highest BCUT2D eigenvalue weighted by molar-refractivity contribution is 9.11. The maximum absolute atomic E-state index is 4.82. The van der Waals surface area contributed by atoms with Crippen LogP contribution in [0.2, 0.25) is 0 Å². The summed E-state index contributed by atoms with van der Waals surface area (Å²) in [6.07, 6.45) is 1.72. The predicted molar refractivity (Wildman–Crippen MR) is 38.8 cm³/mol. The third-order valence-electron chi connectivity index (χ3n) is 0.732. The molecule has 0 fully saturated rings. The summed E-state index contributed by atoms with van der Waals surface area (Å²) >= 11 is 4.77. The molecule has 0 aromatic carbocycles. The van der Waals surface area contributed by atoms with Gasteiger partial charge in [0.05, 0.1) is 9.98 Å². The maximum atomic E-state index is 4.82. The molecule has 0 amide bonds. The zero-order valence-electron chi connectivity index (χ0n) is 4.50. The van der Waals surface area contributed by atoms with Gasteiger partial charge in [-0.2, -0.15) is 0 Å². The lowest BCUT2D eigenvalue weighted by Crippen LogP contribution is -1.97. The van der Waals surface area contributed by atoms with Crippen LogP contribution in [0.3, 0.4) is 0 Å². The lowest BCUT2D eigenvalue weighted by molar-refractivity contribution is 0.124. The van der Waals surface area contributed by atoms with Gasteiger partial charge < -0.3 is 0 Å². The molecule has 50 valence electrons. The van der Waals surface area contributed by atoms with Crippen molar-refractivity contribution in [3.8, 4) is 0 Å². The molecular weight excluding hydrogens is 204 g/mol. The lowest BCUT2D eigenvalue weighted by atomic mass is 10.8. The lowest BCUT2D eigenvalue weighted by Gasteiger charge is -1.87. The highest BCUT2D eigenvalue weighted by Gasteiger charge is 1.96. The number of hydrogen-bond acceptors (Lipinski definition) is 4. The Labute approximate surface area is 64.9 Å². The Balaban J connectivity index is 2.61. The molecule has 0 aliphatic carbocycles. The molecule has 1 aromatic rings. The largest absolute Gasteiger partial charge is 0.297 e. The number of hydrogen-bond donors (Lipinski definition) is 1. The van der Waals surface area contributed by atoms with Gasteiger partial charge in [-0.25, -0.2) is 10.9 Å². The van der Waals surface area contributed by atoms with Crippen molar-refractivity contribution in [2.24, 2.45) is 5.90 Å². The number of nitrogens with zero attached hydrogens (tertiary/aromatic N) is 1. The first kappa shape index (κ1) is 7.14. The Morgan fingerprint density at radius 1 is 1.89 bits per heavy atom. The van der Waals surface area contributed by atoms with Gasteiger partial charge in [0, 0.05) is 0 Å². The van der Waals surface area contributed by atoms with Crippen molar-refractivity contribution in [3.63, 3.8) is 0 Å². The van der Waals surface area contributed by atoms with Crippen LogP contribution in [0.1, 0.15) is 5.01 Å². The molecule has 0 aliphatic heterocycles. The van der Waals surface area contributed by atoms with Gasteiger partial charge in [0.1, 0.15) is 11.6 Å². The van der Waals surface area contributed by atoms with Crippen LogP contribution in [-0.2, 0) is 11.4 Å². The fraction of sp³-hybridized carbons (Fsp3) is 0.250. The maximum Gasteiger partial charge on any atom is 0.122 e. The summed E-state index contributed by atoms with van der Waals surface area (Å²) in [5.41, 5.74) is 0. The standard InChI is InChI=1S/C4H5BrN2OS/c5-3-1-7-4(9-3)2-8-6/h1H,2,6H2. The second-order valence-corrected chi connectivity index (χ2v) is 3.86. The molecule has 0 saturated carbocycles. The Kier molecular flexibility index (Phi) is 2.59. The van der Waals surface area contributed by atoms with Crippen LogP contribution in [0.25, 0.3) is 0 Å². The minimum atomic E-state index is 0.385. The summed E-state index contributed by atoms with van der Waals surface area (Å²) in [7, 11) is 0. The van der Waals surface area contributed by atoms with E-state index in [2.05, 4.69) is 25.8 Å². The minimum Gasteiger partial charge on any atom is -0.297 e. The van der Waals surface area contributed by atoms with Crippen molar-refractivity contribution in [1.82, 2.24) is 4.98 Å². The van der Waals surface area contributed by atoms with E-state index in [9.17, 15) is 0 Å². The van der Waals surface area contributed by atoms with E-state index in [0.29, 0.717) is 6.61 Å². The summed E-state index contributed by atoms with van der Waals surface area (Å²) in [4.78, 5) is 8.34. The van der Waals surface area contributed by atoms with Gasteiger partial charge in [0.15, 0.2) is 0 Å². The molecule has 1 rings (SSSR count). The zero-order chi connectivity index (χ0) is 6.69. The van der Waals surface area contributed by atoms with Gasteiger partial charge in [-0.15, -0.1) is 11.3 Å². The molecule has 2 N–H and O–H groups in total. The van der Waals surface area contributed by atoms with Crippen molar-refractivity contribution >= 4 is 27.3 Å². The van der Waals surface area contributed by atoms with Crippen molar-refractivity contribution in [2.45, 2.75) is 6.61 Å². The quantitative estimate of drug-likeness (QED) is 0.746. The van der Waals surface area contributed by atoms with Gasteiger partial charge in [0.25, 0.3) is 0 Å². The highest BCUT2D eigenvalue weighted by Crippen LogP contribution is 2.18. The third-order valence-corrected chi connectivity index (χ3v) is 2.18. The fourth-order valence-electron chi connectivity index (χ4n) is 0.426. The van der Waals surface area contributed by atoms with Gasteiger partial charge in [-0.05, 0) is 15.9 Å². The fourth-order valence-corrected chi connectivity index (χ4v) is 1.65. The van der Waals surface area contributed by atoms with Gasteiger partial charge in [0.2, 0.25) is 0 Å². The average molecular weight is 209 g/mol. The van der Waals surface area contributed by atoms with Gasteiger partial charge in [-0.3, -0.25) is 4.84 Å². The topological polar surface area (TPSA) is 48.1 Å². The van der Waals surface area contributed by atoms with E-state index < -0.39 is 0 Å². The number of nitrogens with two attached hydrogens (primary N) is 1. The van der Waals surface area contributed by atoms with Crippen molar-refractivity contribution in [3.05, 3.63) is 15.0 Å². The number of aromatic nitrogens is 1. The molecule has 0 unspecified atom stereocenters. The monoisotopic (exact) mass is 208 g/mol. The van der Waals surface area contributed by atoms with E-state index in [1.165, 1.54) is 11.3 Å². The Morgan fingerprint density at radius 3 is 3.11 bits per heavy atom. The average Bonchev–Trinajstić information content (AvgIpc) is 2.17. The predicted octanol–water partition coefficient (Wildman–Crippen LogP) is 1.30.